The summed E-state index contributed by atoms with van der Waals surface area (Å²) in [4.78, 5) is 16.8. The molecular weight excluding hydrogens is 422 g/mol. The van der Waals surface area contributed by atoms with Crippen LogP contribution < -0.4 is 19.5 Å². The smallest absolute Gasteiger partial charge is 0.243 e. The number of pyridine rings is 1. The molecule has 168 valence electrons. The van der Waals surface area contributed by atoms with Crippen LogP contribution in [-0.4, -0.2) is 58.0 Å². The molecule has 31 heavy (non-hydrogen) atoms. The SMILES string of the molecule is COc1ccc(S(=O)(=O)N2CCC(C(=O)NCc3cccnc3OC)CC2)cc1OC. The Hall–Kier alpha value is -2.85. The number of carbonyl (C=O) groups is 1. The Bertz CT molecular complexity index is 1020. The first-order valence-electron chi connectivity index (χ1n) is 9.88. The zero-order valence-corrected chi connectivity index (χ0v) is 18.6. The van der Waals surface area contributed by atoms with E-state index in [1.807, 2.05) is 6.07 Å². The Balaban J connectivity index is 1.60. The van der Waals surface area contributed by atoms with Gasteiger partial charge in [-0.3, -0.25) is 4.79 Å². The van der Waals surface area contributed by atoms with Crippen LogP contribution in [0.5, 0.6) is 17.4 Å². The minimum absolute atomic E-state index is 0.103. The summed E-state index contributed by atoms with van der Waals surface area (Å²) in [5.41, 5.74) is 0.784. The highest BCUT2D eigenvalue weighted by Crippen LogP contribution is 2.32. The van der Waals surface area contributed by atoms with Gasteiger partial charge in [-0.15, -0.1) is 0 Å². The first kappa shape index (κ1) is 22.8. The number of piperidine rings is 1. The van der Waals surface area contributed by atoms with Crippen LogP contribution in [0.15, 0.2) is 41.4 Å². The van der Waals surface area contributed by atoms with Crippen molar-refractivity contribution in [3.63, 3.8) is 0 Å². The van der Waals surface area contributed by atoms with Crippen molar-refractivity contribution in [2.45, 2.75) is 24.3 Å². The third-order valence-electron chi connectivity index (χ3n) is 5.31. The molecule has 0 spiro atoms. The van der Waals surface area contributed by atoms with Crippen molar-refractivity contribution in [1.82, 2.24) is 14.6 Å². The van der Waals surface area contributed by atoms with E-state index >= 15 is 0 Å². The first-order chi connectivity index (χ1) is 14.9. The van der Waals surface area contributed by atoms with Gasteiger partial charge in [0.15, 0.2) is 11.5 Å². The quantitative estimate of drug-likeness (QED) is 0.655. The van der Waals surface area contributed by atoms with Crippen LogP contribution in [0.2, 0.25) is 0 Å². The Labute approximate surface area is 182 Å². The van der Waals surface area contributed by atoms with Gasteiger partial charge < -0.3 is 19.5 Å². The summed E-state index contributed by atoms with van der Waals surface area (Å²) in [7, 11) is 0.788. The maximum absolute atomic E-state index is 13.0. The van der Waals surface area contributed by atoms with Gasteiger partial charge in [0.25, 0.3) is 0 Å². The number of sulfonamides is 1. The third-order valence-corrected chi connectivity index (χ3v) is 7.21. The molecule has 10 heteroatoms. The van der Waals surface area contributed by atoms with Crippen LogP contribution in [0, 0.1) is 5.92 Å². The zero-order chi connectivity index (χ0) is 22.4. The van der Waals surface area contributed by atoms with Gasteiger partial charge in [-0.1, -0.05) is 6.07 Å². The minimum atomic E-state index is -3.69. The molecule has 1 fully saturated rings. The molecule has 0 saturated carbocycles. The second kappa shape index (κ2) is 9.97. The Morgan fingerprint density at radius 3 is 2.45 bits per heavy atom. The molecule has 1 aromatic carbocycles. The standard InChI is InChI=1S/C21H27N3O6S/c1-28-18-7-6-17(13-19(18)29-2)31(26,27)24-11-8-15(9-12-24)20(25)23-14-16-5-4-10-22-21(16)30-3/h4-7,10,13,15H,8-9,11-12,14H2,1-3H3,(H,23,25). The van der Waals surface area contributed by atoms with E-state index in [1.54, 1.807) is 18.3 Å². The highest BCUT2D eigenvalue weighted by atomic mass is 32.2. The summed E-state index contributed by atoms with van der Waals surface area (Å²) in [6, 6.07) is 8.13. The van der Waals surface area contributed by atoms with Gasteiger partial charge in [-0.25, -0.2) is 13.4 Å². The molecule has 0 atom stereocenters. The number of hydrogen-bond donors (Lipinski definition) is 1. The number of ether oxygens (including phenoxy) is 3. The van der Waals surface area contributed by atoms with Crippen LogP contribution in [0.1, 0.15) is 18.4 Å². The average molecular weight is 450 g/mol. The monoisotopic (exact) mass is 449 g/mol. The number of carbonyl (C=O) groups excluding carboxylic acids is 1. The number of amides is 1. The van der Waals surface area contributed by atoms with Gasteiger partial charge in [-0.2, -0.15) is 4.31 Å². The Morgan fingerprint density at radius 2 is 1.81 bits per heavy atom. The number of nitrogens with one attached hydrogen (secondary N) is 1. The molecule has 1 aliphatic rings. The van der Waals surface area contributed by atoms with Gasteiger partial charge in [0, 0.05) is 43.4 Å². The molecule has 0 aliphatic carbocycles. The summed E-state index contributed by atoms with van der Waals surface area (Å²) in [6.45, 7) is 0.843. The Morgan fingerprint density at radius 1 is 1.10 bits per heavy atom. The Kier molecular flexibility index (Phi) is 7.34. The number of benzene rings is 1. The first-order valence-corrected chi connectivity index (χ1v) is 11.3. The fourth-order valence-corrected chi connectivity index (χ4v) is 5.04. The number of rotatable bonds is 8. The van der Waals surface area contributed by atoms with E-state index in [0.717, 1.165) is 5.56 Å². The van der Waals surface area contributed by atoms with Crippen molar-refractivity contribution in [2.24, 2.45) is 5.92 Å². The van der Waals surface area contributed by atoms with E-state index in [1.165, 1.54) is 37.8 Å². The molecule has 1 amide bonds. The summed E-state index contributed by atoms with van der Waals surface area (Å²) in [6.07, 6.45) is 2.52. The molecule has 2 heterocycles. The largest absolute Gasteiger partial charge is 0.493 e. The van der Waals surface area contributed by atoms with Gasteiger partial charge in [0.1, 0.15) is 0 Å². The number of hydrogen-bond acceptors (Lipinski definition) is 7. The lowest BCUT2D eigenvalue weighted by molar-refractivity contribution is -0.126. The summed E-state index contributed by atoms with van der Waals surface area (Å²) < 4.78 is 43.0. The maximum atomic E-state index is 13.0. The molecular formula is C21H27N3O6S. The van der Waals surface area contributed by atoms with Crippen molar-refractivity contribution >= 4 is 15.9 Å². The molecule has 2 aromatic rings. The molecule has 0 unspecified atom stereocenters. The molecule has 0 bridgehead atoms. The molecule has 1 aliphatic heterocycles. The van der Waals surface area contributed by atoms with E-state index < -0.39 is 10.0 Å². The van der Waals surface area contributed by atoms with Crippen LogP contribution in [0.4, 0.5) is 0 Å². The van der Waals surface area contributed by atoms with Crippen LogP contribution in [-0.2, 0) is 21.4 Å². The summed E-state index contributed by atoms with van der Waals surface area (Å²) in [5, 5.41) is 2.90. The van der Waals surface area contributed by atoms with Crippen molar-refractivity contribution in [3.05, 3.63) is 42.1 Å². The number of aromatic nitrogens is 1. The predicted octanol–water partition coefficient (Wildman–Crippen LogP) is 1.82. The highest BCUT2D eigenvalue weighted by molar-refractivity contribution is 7.89. The zero-order valence-electron chi connectivity index (χ0n) is 17.8. The number of methoxy groups -OCH3 is 3. The van der Waals surface area contributed by atoms with Gasteiger partial charge >= 0.3 is 0 Å². The molecule has 0 radical (unpaired) electrons. The second-order valence-electron chi connectivity index (χ2n) is 7.08. The summed E-state index contributed by atoms with van der Waals surface area (Å²) in [5.74, 6) is 0.929. The lowest BCUT2D eigenvalue weighted by Gasteiger charge is -2.30. The van der Waals surface area contributed by atoms with Gasteiger partial charge in [-0.05, 0) is 31.0 Å². The maximum Gasteiger partial charge on any atom is 0.243 e. The van der Waals surface area contributed by atoms with E-state index in [0.29, 0.717) is 36.8 Å². The fraction of sp³-hybridized carbons (Fsp3) is 0.429. The topological polar surface area (TPSA) is 107 Å². The van der Waals surface area contributed by atoms with Crippen LogP contribution in [0.25, 0.3) is 0 Å². The van der Waals surface area contributed by atoms with Crippen molar-refractivity contribution in [3.8, 4) is 17.4 Å². The molecule has 1 aromatic heterocycles. The van der Waals surface area contributed by atoms with Crippen molar-refractivity contribution in [2.75, 3.05) is 34.4 Å². The normalized spacial score (nSPS) is 15.3. The highest BCUT2D eigenvalue weighted by Gasteiger charge is 2.32. The van der Waals surface area contributed by atoms with E-state index in [2.05, 4.69) is 10.3 Å². The molecule has 1 N–H and O–H groups in total. The lowest BCUT2D eigenvalue weighted by Crippen LogP contribution is -2.42. The van der Waals surface area contributed by atoms with Crippen molar-refractivity contribution in [1.29, 1.82) is 0 Å². The molecule has 9 nitrogen and oxygen atoms in total. The van der Waals surface area contributed by atoms with E-state index in [4.69, 9.17) is 14.2 Å². The van der Waals surface area contributed by atoms with Crippen LogP contribution >= 0.6 is 0 Å². The lowest BCUT2D eigenvalue weighted by atomic mass is 9.97. The predicted molar refractivity (Wildman–Crippen MR) is 114 cm³/mol. The van der Waals surface area contributed by atoms with Crippen molar-refractivity contribution < 1.29 is 27.4 Å². The molecule has 1 saturated heterocycles. The average Bonchev–Trinajstić information content (AvgIpc) is 2.82. The second-order valence-corrected chi connectivity index (χ2v) is 9.02. The van der Waals surface area contributed by atoms with E-state index in [-0.39, 0.29) is 29.8 Å². The van der Waals surface area contributed by atoms with Crippen LogP contribution in [0.3, 0.4) is 0 Å². The molecule has 3 rings (SSSR count). The van der Waals surface area contributed by atoms with E-state index in [9.17, 15) is 13.2 Å². The third kappa shape index (κ3) is 5.08. The minimum Gasteiger partial charge on any atom is -0.493 e. The summed E-state index contributed by atoms with van der Waals surface area (Å²) >= 11 is 0. The fourth-order valence-electron chi connectivity index (χ4n) is 3.55. The number of nitrogens with zero attached hydrogens (tertiary/aromatic N) is 2. The van der Waals surface area contributed by atoms with Gasteiger partial charge in [0.05, 0.1) is 26.2 Å². The van der Waals surface area contributed by atoms with Gasteiger partial charge in [0.2, 0.25) is 21.8 Å².